The molecule has 1 aliphatic rings. The monoisotopic (exact) mass is 155 g/mol. The van der Waals surface area contributed by atoms with Crippen LogP contribution in [0.25, 0.3) is 0 Å². The van der Waals surface area contributed by atoms with Gasteiger partial charge in [-0.05, 0) is 13.3 Å². The van der Waals surface area contributed by atoms with Gasteiger partial charge in [-0.2, -0.15) is 0 Å². The van der Waals surface area contributed by atoms with Crippen molar-refractivity contribution in [3.8, 4) is 0 Å². The van der Waals surface area contributed by atoms with Crippen molar-refractivity contribution < 1.29 is 4.79 Å². The maximum Gasteiger partial charge on any atom is 0.226 e. The van der Waals surface area contributed by atoms with E-state index in [0.29, 0.717) is 6.42 Å². The topological polar surface area (TPSA) is 20.3 Å². The van der Waals surface area contributed by atoms with E-state index in [2.05, 4.69) is 0 Å². The van der Waals surface area contributed by atoms with Crippen LogP contribution in [-0.2, 0) is 4.79 Å². The molecule has 0 N–H and O–H groups in total. The summed E-state index contributed by atoms with van der Waals surface area (Å²) in [5.74, 6) is 0.250. The van der Waals surface area contributed by atoms with Crippen LogP contribution < -0.4 is 0 Å². The Kier molecular flexibility index (Phi) is 5.53. The van der Waals surface area contributed by atoms with Gasteiger partial charge in [0, 0.05) is 19.2 Å². The van der Waals surface area contributed by atoms with Gasteiger partial charge in [-0.25, -0.2) is 0 Å². The SMILES string of the molecule is CC.CCN1C=CCCC1=O. The van der Waals surface area contributed by atoms with Crippen molar-refractivity contribution in [1.29, 1.82) is 0 Å². The van der Waals surface area contributed by atoms with E-state index in [0.717, 1.165) is 13.0 Å². The number of rotatable bonds is 1. The highest BCUT2D eigenvalue weighted by Gasteiger charge is 2.09. The zero-order chi connectivity index (χ0) is 8.69. The minimum absolute atomic E-state index is 0.250. The maximum atomic E-state index is 10.9. The van der Waals surface area contributed by atoms with Gasteiger partial charge in [-0.1, -0.05) is 19.9 Å². The molecule has 2 heteroatoms. The minimum Gasteiger partial charge on any atom is -0.320 e. The molecule has 0 radical (unpaired) electrons. The highest BCUT2D eigenvalue weighted by atomic mass is 16.2. The van der Waals surface area contributed by atoms with E-state index in [1.165, 1.54) is 0 Å². The van der Waals surface area contributed by atoms with Crippen LogP contribution in [-0.4, -0.2) is 17.4 Å². The lowest BCUT2D eigenvalue weighted by molar-refractivity contribution is -0.128. The number of hydrogen-bond acceptors (Lipinski definition) is 1. The molecule has 0 aromatic rings. The normalized spacial score (nSPS) is 15.9. The minimum atomic E-state index is 0.250. The largest absolute Gasteiger partial charge is 0.320 e. The summed E-state index contributed by atoms with van der Waals surface area (Å²) in [6.45, 7) is 6.78. The molecule has 0 aromatic carbocycles. The van der Waals surface area contributed by atoms with Crippen molar-refractivity contribution in [2.75, 3.05) is 6.54 Å². The van der Waals surface area contributed by atoms with Crippen LogP contribution >= 0.6 is 0 Å². The number of amides is 1. The molecule has 0 unspecified atom stereocenters. The summed E-state index contributed by atoms with van der Waals surface area (Å²) in [4.78, 5) is 12.6. The van der Waals surface area contributed by atoms with Gasteiger partial charge < -0.3 is 4.90 Å². The van der Waals surface area contributed by atoms with Gasteiger partial charge in [0.25, 0.3) is 0 Å². The predicted molar refractivity (Wildman–Crippen MR) is 47.1 cm³/mol. The summed E-state index contributed by atoms with van der Waals surface area (Å²) in [7, 11) is 0. The van der Waals surface area contributed by atoms with Crippen LogP contribution in [0.1, 0.15) is 33.6 Å². The van der Waals surface area contributed by atoms with Crippen molar-refractivity contribution in [3.05, 3.63) is 12.3 Å². The molecule has 0 atom stereocenters. The molecular formula is C9H17NO. The van der Waals surface area contributed by atoms with Gasteiger partial charge in [0.05, 0.1) is 0 Å². The summed E-state index contributed by atoms with van der Waals surface area (Å²) in [5, 5.41) is 0. The van der Waals surface area contributed by atoms with E-state index >= 15 is 0 Å². The summed E-state index contributed by atoms with van der Waals surface area (Å²) < 4.78 is 0. The maximum absolute atomic E-state index is 10.9. The molecule has 1 amide bonds. The Bertz CT molecular complexity index is 140. The first kappa shape index (κ1) is 10.2. The molecule has 0 aromatic heterocycles. The summed E-state index contributed by atoms with van der Waals surface area (Å²) in [6.07, 6.45) is 5.50. The van der Waals surface area contributed by atoms with Gasteiger partial charge in [0.1, 0.15) is 0 Å². The highest BCUT2D eigenvalue weighted by molar-refractivity contribution is 5.78. The quantitative estimate of drug-likeness (QED) is 0.568. The van der Waals surface area contributed by atoms with E-state index < -0.39 is 0 Å². The van der Waals surface area contributed by atoms with Crippen molar-refractivity contribution >= 4 is 5.91 Å². The van der Waals surface area contributed by atoms with Crippen LogP contribution in [0, 0.1) is 0 Å². The van der Waals surface area contributed by atoms with E-state index in [1.54, 1.807) is 4.90 Å². The van der Waals surface area contributed by atoms with Crippen LogP contribution in [0.5, 0.6) is 0 Å². The molecule has 1 heterocycles. The molecule has 64 valence electrons. The van der Waals surface area contributed by atoms with Gasteiger partial charge in [-0.15, -0.1) is 0 Å². The van der Waals surface area contributed by atoms with Crippen molar-refractivity contribution in [2.24, 2.45) is 0 Å². The molecule has 0 saturated carbocycles. The second kappa shape index (κ2) is 5.96. The fourth-order valence-corrected chi connectivity index (χ4v) is 0.917. The summed E-state index contributed by atoms with van der Waals surface area (Å²) >= 11 is 0. The van der Waals surface area contributed by atoms with Gasteiger partial charge in [0.15, 0.2) is 0 Å². The molecule has 11 heavy (non-hydrogen) atoms. The number of nitrogens with zero attached hydrogens (tertiary/aromatic N) is 1. The third-order valence-electron chi connectivity index (χ3n) is 1.47. The van der Waals surface area contributed by atoms with Crippen molar-refractivity contribution in [1.82, 2.24) is 4.90 Å². The Morgan fingerprint density at radius 1 is 1.55 bits per heavy atom. The molecule has 1 rings (SSSR count). The lowest BCUT2D eigenvalue weighted by atomic mass is 10.2. The molecule has 0 saturated heterocycles. The zero-order valence-electron chi connectivity index (χ0n) is 7.63. The first-order chi connectivity index (χ1) is 5.34. The van der Waals surface area contributed by atoms with Crippen LogP contribution in [0.4, 0.5) is 0 Å². The number of hydrogen-bond donors (Lipinski definition) is 0. The highest BCUT2D eigenvalue weighted by Crippen LogP contribution is 2.05. The molecule has 0 aliphatic carbocycles. The van der Waals surface area contributed by atoms with E-state index in [4.69, 9.17) is 0 Å². The zero-order valence-corrected chi connectivity index (χ0v) is 7.63. The molecule has 0 fully saturated rings. The third kappa shape index (κ3) is 3.21. The lowest BCUT2D eigenvalue weighted by Gasteiger charge is -2.18. The second-order valence-electron chi connectivity index (χ2n) is 2.10. The fraction of sp³-hybridized carbons (Fsp3) is 0.667. The molecule has 1 aliphatic heterocycles. The average Bonchev–Trinajstić information content (AvgIpc) is 2.09. The van der Waals surface area contributed by atoms with Gasteiger partial charge in [0.2, 0.25) is 5.91 Å². The Labute approximate surface area is 68.9 Å². The number of allylic oxidation sites excluding steroid dienone is 1. The van der Waals surface area contributed by atoms with E-state index in [1.807, 2.05) is 33.0 Å². The van der Waals surface area contributed by atoms with Gasteiger partial charge in [-0.3, -0.25) is 4.79 Å². The predicted octanol–water partition coefficient (Wildman–Crippen LogP) is 2.17. The first-order valence-corrected chi connectivity index (χ1v) is 4.30. The average molecular weight is 155 g/mol. The molecule has 0 spiro atoms. The third-order valence-corrected chi connectivity index (χ3v) is 1.47. The number of carbonyl (C=O) groups excluding carboxylic acids is 1. The Hall–Kier alpha value is -0.790. The van der Waals surface area contributed by atoms with Crippen LogP contribution in [0.15, 0.2) is 12.3 Å². The molecular weight excluding hydrogens is 138 g/mol. The van der Waals surface area contributed by atoms with Gasteiger partial charge >= 0.3 is 0 Å². The van der Waals surface area contributed by atoms with E-state index in [-0.39, 0.29) is 5.91 Å². The van der Waals surface area contributed by atoms with Crippen molar-refractivity contribution in [3.63, 3.8) is 0 Å². The Morgan fingerprint density at radius 2 is 2.18 bits per heavy atom. The molecule has 2 nitrogen and oxygen atoms in total. The van der Waals surface area contributed by atoms with Crippen LogP contribution in [0.2, 0.25) is 0 Å². The standard InChI is InChI=1S/C7H11NO.C2H6/c1-2-8-6-4-3-5-7(8)9;1-2/h4,6H,2-3,5H2,1H3;1-2H3. The van der Waals surface area contributed by atoms with Crippen molar-refractivity contribution in [2.45, 2.75) is 33.6 Å². The smallest absolute Gasteiger partial charge is 0.226 e. The van der Waals surface area contributed by atoms with E-state index in [9.17, 15) is 4.79 Å². The first-order valence-electron chi connectivity index (χ1n) is 4.30. The Morgan fingerprint density at radius 3 is 2.55 bits per heavy atom. The Balaban J connectivity index is 0.000000461. The summed E-state index contributed by atoms with van der Waals surface area (Å²) in [5.41, 5.74) is 0. The summed E-state index contributed by atoms with van der Waals surface area (Å²) in [6, 6.07) is 0. The van der Waals surface area contributed by atoms with Crippen LogP contribution in [0.3, 0.4) is 0 Å². The fourth-order valence-electron chi connectivity index (χ4n) is 0.917. The molecule has 0 bridgehead atoms. The number of carbonyl (C=O) groups is 1. The lowest BCUT2D eigenvalue weighted by Crippen LogP contribution is -2.26. The second-order valence-corrected chi connectivity index (χ2v) is 2.10.